The minimum Gasteiger partial charge on any atom is -0.313 e. The highest BCUT2D eigenvalue weighted by Gasteiger charge is 2.35. The molecule has 1 N–H and O–H groups in total. The third kappa shape index (κ3) is 3.44. The average molecular weight is 329 g/mol. The van der Waals surface area contributed by atoms with Crippen LogP contribution in [0.5, 0.6) is 0 Å². The van der Waals surface area contributed by atoms with Crippen molar-refractivity contribution in [1.29, 1.82) is 0 Å². The predicted molar refractivity (Wildman–Crippen MR) is 89.2 cm³/mol. The summed E-state index contributed by atoms with van der Waals surface area (Å²) in [6, 6.07) is 7.42. The molecule has 0 spiro atoms. The van der Waals surface area contributed by atoms with Crippen LogP contribution in [0.1, 0.15) is 32.4 Å². The summed E-state index contributed by atoms with van der Waals surface area (Å²) in [7, 11) is -1.54. The Morgan fingerprint density at radius 3 is 2.76 bits per heavy atom. The SMILES string of the molecule is CNC(C)c1cccc(S(=O)(=O)N2CCSC(C)C2C)c1. The second-order valence-electron chi connectivity index (χ2n) is 5.52. The lowest BCUT2D eigenvalue weighted by molar-refractivity contribution is 0.340. The van der Waals surface area contributed by atoms with E-state index in [4.69, 9.17) is 0 Å². The topological polar surface area (TPSA) is 49.4 Å². The van der Waals surface area contributed by atoms with E-state index in [0.29, 0.717) is 16.7 Å². The van der Waals surface area contributed by atoms with Crippen molar-refractivity contribution in [1.82, 2.24) is 9.62 Å². The van der Waals surface area contributed by atoms with Crippen LogP contribution in [0.15, 0.2) is 29.2 Å². The molecule has 1 aromatic carbocycles. The maximum absolute atomic E-state index is 12.9. The zero-order chi connectivity index (χ0) is 15.6. The molecular weight excluding hydrogens is 304 g/mol. The number of benzene rings is 1. The van der Waals surface area contributed by atoms with Crippen LogP contribution in [0.4, 0.5) is 0 Å². The Hall–Kier alpha value is -0.560. The van der Waals surface area contributed by atoms with Gasteiger partial charge in [0.1, 0.15) is 0 Å². The molecular formula is C15H24N2O2S2. The van der Waals surface area contributed by atoms with Gasteiger partial charge in [-0.15, -0.1) is 0 Å². The highest BCUT2D eigenvalue weighted by molar-refractivity contribution is 8.00. The number of rotatable bonds is 4. The van der Waals surface area contributed by atoms with E-state index in [-0.39, 0.29) is 12.1 Å². The number of nitrogens with zero attached hydrogens (tertiary/aromatic N) is 1. The largest absolute Gasteiger partial charge is 0.313 e. The first-order valence-corrected chi connectivity index (χ1v) is 9.77. The maximum atomic E-state index is 12.9. The van der Waals surface area contributed by atoms with Crippen LogP contribution in [0, 0.1) is 0 Å². The number of hydrogen-bond acceptors (Lipinski definition) is 4. The van der Waals surface area contributed by atoms with Gasteiger partial charge in [0.05, 0.1) is 4.90 Å². The van der Waals surface area contributed by atoms with Crippen molar-refractivity contribution in [3.63, 3.8) is 0 Å². The molecule has 4 nitrogen and oxygen atoms in total. The zero-order valence-corrected chi connectivity index (χ0v) is 14.7. The van der Waals surface area contributed by atoms with Crippen LogP contribution in [0.2, 0.25) is 0 Å². The number of nitrogens with one attached hydrogen (secondary N) is 1. The molecule has 1 aliphatic rings. The molecule has 1 heterocycles. The monoisotopic (exact) mass is 328 g/mol. The molecule has 0 radical (unpaired) electrons. The molecule has 0 bridgehead atoms. The van der Waals surface area contributed by atoms with Gasteiger partial charge in [-0.3, -0.25) is 0 Å². The summed E-state index contributed by atoms with van der Waals surface area (Å²) in [6.07, 6.45) is 0. The van der Waals surface area contributed by atoms with Crippen LogP contribution in [-0.4, -0.2) is 43.4 Å². The Balaban J connectivity index is 2.35. The Labute approximate surface area is 132 Å². The molecule has 118 valence electrons. The highest BCUT2D eigenvalue weighted by Crippen LogP contribution is 2.30. The fraction of sp³-hybridized carbons (Fsp3) is 0.600. The number of sulfonamides is 1. The summed E-state index contributed by atoms with van der Waals surface area (Å²) in [5, 5.41) is 3.47. The Morgan fingerprint density at radius 1 is 1.38 bits per heavy atom. The van der Waals surface area contributed by atoms with Crippen LogP contribution in [0.25, 0.3) is 0 Å². The van der Waals surface area contributed by atoms with Crippen molar-refractivity contribution >= 4 is 21.8 Å². The molecule has 1 fully saturated rings. The van der Waals surface area contributed by atoms with Gasteiger partial charge in [0.2, 0.25) is 10.0 Å². The molecule has 1 saturated heterocycles. The van der Waals surface area contributed by atoms with Crippen LogP contribution < -0.4 is 5.32 Å². The van der Waals surface area contributed by atoms with E-state index in [2.05, 4.69) is 12.2 Å². The fourth-order valence-corrected chi connectivity index (χ4v) is 5.54. The first kappa shape index (κ1) is 16.8. The number of hydrogen-bond donors (Lipinski definition) is 1. The number of thioether (sulfide) groups is 1. The predicted octanol–water partition coefficient (Wildman–Crippen LogP) is 2.48. The minimum absolute atomic E-state index is 0.0270. The molecule has 1 aromatic rings. The summed E-state index contributed by atoms with van der Waals surface area (Å²) in [6.45, 7) is 6.70. The van der Waals surface area contributed by atoms with Gasteiger partial charge in [-0.2, -0.15) is 16.1 Å². The molecule has 1 aliphatic heterocycles. The summed E-state index contributed by atoms with van der Waals surface area (Å²) in [5.74, 6) is 0.858. The lowest BCUT2D eigenvalue weighted by Gasteiger charge is -2.36. The Bertz CT molecular complexity index is 589. The molecule has 0 aliphatic carbocycles. The molecule has 6 heteroatoms. The van der Waals surface area contributed by atoms with E-state index < -0.39 is 10.0 Å². The van der Waals surface area contributed by atoms with Crippen LogP contribution in [0.3, 0.4) is 0 Å². The summed E-state index contributed by atoms with van der Waals surface area (Å²) >= 11 is 1.84. The summed E-state index contributed by atoms with van der Waals surface area (Å²) < 4.78 is 27.5. The van der Waals surface area contributed by atoms with Gasteiger partial charge < -0.3 is 5.32 Å². The van der Waals surface area contributed by atoms with Gasteiger partial charge in [0.15, 0.2) is 0 Å². The van der Waals surface area contributed by atoms with Crippen molar-refractivity contribution in [2.45, 2.75) is 43.0 Å². The quantitative estimate of drug-likeness (QED) is 0.922. The third-order valence-electron chi connectivity index (χ3n) is 4.22. The van der Waals surface area contributed by atoms with Crippen LogP contribution in [-0.2, 0) is 10.0 Å². The maximum Gasteiger partial charge on any atom is 0.243 e. The van der Waals surface area contributed by atoms with Gasteiger partial charge in [0, 0.05) is 29.6 Å². The Morgan fingerprint density at radius 2 is 2.10 bits per heavy atom. The van der Waals surface area contributed by atoms with E-state index in [1.807, 2.05) is 44.8 Å². The van der Waals surface area contributed by atoms with E-state index in [1.54, 1.807) is 16.4 Å². The van der Waals surface area contributed by atoms with Crippen molar-refractivity contribution in [2.24, 2.45) is 0 Å². The van der Waals surface area contributed by atoms with Crippen molar-refractivity contribution in [3.05, 3.63) is 29.8 Å². The third-order valence-corrected chi connectivity index (χ3v) is 7.54. The normalized spacial score (nSPS) is 25.7. The molecule has 0 saturated carbocycles. The van der Waals surface area contributed by atoms with Crippen molar-refractivity contribution in [2.75, 3.05) is 19.3 Å². The zero-order valence-electron chi connectivity index (χ0n) is 13.0. The summed E-state index contributed by atoms with van der Waals surface area (Å²) in [4.78, 5) is 0.396. The van der Waals surface area contributed by atoms with Gasteiger partial charge in [-0.05, 0) is 38.6 Å². The molecule has 2 rings (SSSR count). The van der Waals surface area contributed by atoms with E-state index in [0.717, 1.165) is 11.3 Å². The molecule has 0 aromatic heterocycles. The van der Waals surface area contributed by atoms with Crippen LogP contribution >= 0.6 is 11.8 Å². The minimum atomic E-state index is -3.42. The standard InChI is InChI=1S/C15H24N2O2S2/c1-11(16-4)14-6-5-7-15(10-14)21(18,19)17-8-9-20-13(3)12(17)2/h5-7,10-13,16H,8-9H2,1-4H3. The van der Waals surface area contributed by atoms with Gasteiger partial charge in [-0.25, -0.2) is 8.42 Å². The first-order chi connectivity index (χ1) is 9.87. The average Bonchev–Trinajstić information content (AvgIpc) is 2.49. The van der Waals surface area contributed by atoms with Gasteiger partial charge in [-0.1, -0.05) is 19.1 Å². The Kier molecular flexibility index (Phi) is 5.35. The van der Waals surface area contributed by atoms with E-state index in [1.165, 1.54) is 0 Å². The second kappa shape index (κ2) is 6.69. The molecule has 3 atom stereocenters. The van der Waals surface area contributed by atoms with Gasteiger partial charge >= 0.3 is 0 Å². The molecule has 3 unspecified atom stereocenters. The van der Waals surface area contributed by atoms with E-state index in [9.17, 15) is 8.42 Å². The lowest BCUT2D eigenvalue weighted by atomic mass is 10.1. The lowest BCUT2D eigenvalue weighted by Crippen LogP contribution is -2.47. The molecule has 21 heavy (non-hydrogen) atoms. The smallest absolute Gasteiger partial charge is 0.243 e. The first-order valence-electron chi connectivity index (χ1n) is 7.28. The van der Waals surface area contributed by atoms with Gasteiger partial charge in [0.25, 0.3) is 0 Å². The summed E-state index contributed by atoms with van der Waals surface area (Å²) in [5.41, 5.74) is 0.991. The van der Waals surface area contributed by atoms with Crippen molar-refractivity contribution in [3.8, 4) is 0 Å². The second-order valence-corrected chi connectivity index (χ2v) is 8.89. The fourth-order valence-electron chi connectivity index (χ4n) is 2.49. The van der Waals surface area contributed by atoms with Crippen molar-refractivity contribution < 1.29 is 8.42 Å². The van der Waals surface area contributed by atoms with E-state index >= 15 is 0 Å². The highest BCUT2D eigenvalue weighted by atomic mass is 32.2. The molecule has 0 amide bonds.